The third-order valence-corrected chi connectivity index (χ3v) is 16.9. The van der Waals surface area contributed by atoms with E-state index >= 15 is 26.3 Å². The molecule has 0 aliphatic carbocycles. The molecule has 11 N–H and O–H groups in total. The fourth-order valence-corrected chi connectivity index (χ4v) is 11.4. The number of ether oxygens (including phenoxy) is 1. The summed E-state index contributed by atoms with van der Waals surface area (Å²) in [5.41, 5.74) is -14.5. The molecular weight excluding hydrogens is 1420 g/mol. The summed E-state index contributed by atoms with van der Waals surface area (Å²) >= 11 is 0. The summed E-state index contributed by atoms with van der Waals surface area (Å²) in [4.78, 5) is 52.2. The van der Waals surface area contributed by atoms with Crippen LogP contribution in [0.1, 0.15) is 98.4 Å². The second-order valence-electron chi connectivity index (χ2n) is 23.5. The Labute approximate surface area is 577 Å². The summed E-state index contributed by atoms with van der Waals surface area (Å²) in [6, 6.07) is 25.8. The highest BCUT2D eigenvalue weighted by molar-refractivity contribution is 6.09. The van der Waals surface area contributed by atoms with Gasteiger partial charge in [-0.3, -0.25) is 19.2 Å². The predicted molar refractivity (Wildman–Crippen MR) is 348 cm³/mol. The fraction of sp³-hybridized carbons (Fsp3) is 0.194. The molecule has 0 atom stereocenters. The van der Waals surface area contributed by atoms with Crippen molar-refractivity contribution < 1.29 is 118 Å². The minimum atomic E-state index is -6.22. The largest absolute Gasteiger partial charge is 0.506 e. The molecule has 0 aliphatic heterocycles. The lowest BCUT2D eigenvalue weighted by molar-refractivity contribution is -0.290. The van der Waals surface area contributed by atoms with Crippen LogP contribution in [0.4, 0.5) is 113 Å². The highest BCUT2D eigenvalue weighted by Crippen LogP contribution is 2.61. The van der Waals surface area contributed by atoms with Gasteiger partial charge in [0.2, 0.25) is 16.2 Å². The Morgan fingerprint density at radius 1 is 0.337 bits per heavy atom. The lowest BCUT2D eigenvalue weighted by Gasteiger charge is -2.38. The summed E-state index contributed by atoms with van der Waals surface area (Å²) in [7, 11) is 1.27. The van der Waals surface area contributed by atoms with E-state index in [1.165, 1.54) is 83.3 Å². The van der Waals surface area contributed by atoms with E-state index in [1.807, 2.05) is 5.32 Å². The zero-order valence-electron chi connectivity index (χ0n) is 54.2. The molecule has 0 spiro atoms. The maximum atomic E-state index is 15.5. The second kappa shape index (κ2) is 28.7. The Hall–Kier alpha value is -11.6. The van der Waals surface area contributed by atoms with Crippen molar-refractivity contribution in [1.82, 2.24) is 0 Å². The average Bonchev–Trinajstić information content (AvgIpc) is 0.726. The van der Waals surface area contributed by atoms with Crippen molar-refractivity contribution in [1.29, 1.82) is 0 Å². The van der Waals surface area contributed by atoms with Gasteiger partial charge >= 0.3 is 37.1 Å². The standard InChI is InChI=1S/C55H40F12N4O7.C17H16F6N2O/c1-28-8-14-37(26-42(28)69-47(75)32-11-19-40(20-12-32)78-39-17-9-31(10-18-39)30(3)72)51(54(62,63)64,55(65,66)67)38-16-22-46(74)44(27-38)71-49(77)34-6-4-5-33(23-34)48(76)70-43-25-36(13-7-29(43)2)50(52(56,57)58,53(59,60)61)35-15-21-45(73)41(68)24-35;1-9-3-4-10(7-12(9)24)15(16(18,19)20,17(21,22)23)11-5-6-14(26)13(8-11)25-2/h4-27,73-74H,68H2,1-3H3,(H,69,75)(H,70,76)(H,71,77);3-8,25-26H,24H2,1-2H3. The van der Waals surface area contributed by atoms with E-state index in [4.69, 9.17) is 16.2 Å². The van der Waals surface area contributed by atoms with Gasteiger partial charge in [0.15, 0.2) is 5.78 Å². The van der Waals surface area contributed by atoms with Gasteiger partial charge in [-0.15, -0.1) is 0 Å². The number of phenolic OH excluding ortho intramolecular Hbond substituents is 3. The van der Waals surface area contributed by atoms with Crippen molar-refractivity contribution >= 4 is 57.6 Å². The number of hydrogen-bond acceptors (Lipinski definition) is 11. The molecule has 9 aromatic carbocycles. The molecule has 0 bridgehead atoms. The van der Waals surface area contributed by atoms with Crippen molar-refractivity contribution in [2.45, 2.75) is 81.0 Å². The number of halogens is 18. The highest BCUT2D eigenvalue weighted by atomic mass is 19.4. The Balaban J connectivity index is 0.000000441. The van der Waals surface area contributed by atoms with E-state index in [-0.39, 0.29) is 45.7 Å². The van der Waals surface area contributed by atoms with Gasteiger partial charge in [-0.05, 0) is 199 Å². The van der Waals surface area contributed by atoms with Crippen LogP contribution in [-0.2, 0) is 16.2 Å². The molecule has 0 aliphatic rings. The molecule has 104 heavy (non-hydrogen) atoms. The van der Waals surface area contributed by atoms with Gasteiger partial charge in [-0.1, -0.05) is 60.7 Å². The number of aromatic hydroxyl groups is 3. The maximum Gasteiger partial charge on any atom is 0.411 e. The number of anilines is 6. The molecule has 0 fully saturated rings. The minimum Gasteiger partial charge on any atom is -0.506 e. The molecule has 14 nitrogen and oxygen atoms in total. The van der Waals surface area contributed by atoms with Crippen molar-refractivity contribution in [3.63, 3.8) is 0 Å². The zero-order chi connectivity index (χ0) is 77.4. The van der Waals surface area contributed by atoms with E-state index in [2.05, 4.69) is 16.0 Å². The Morgan fingerprint density at radius 2 is 0.635 bits per heavy atom. The first-order valence-corrected chi connectivity index (χ1v) is 30.0. The Kier molecular flexibility index (Phi) is 21.5. The smallest absolute Gasteiger partial charge is 0.411 e. The molecule has 0 unspecified atom stereocenters. The number of alkyl halides is 18. The number of carbonyl (C=O) groups is 4. The number of rotatable bonds is 16. The third kappa shape index (κ3) is 14.9. The van der Waals surface area contributed by atoms with Crippen molar-refractivity contribution in [2.24, 2.45) is 0 Å². The number of aryl methyl sites for hydroxylation is 3. The van der Waals surface area contributed by atoms with Crippen LogP contribution in [0.15, 0.2) is 182 Å². The number of hydrogen-bond donors (Lipinski definition) is 9. The normalized spacial score (nSPS) is 12.5. The predicted octanol–water partition coefficient (Wildman–Crippen LogP) is 18.6. The number of ketones is 1. The van der Waals surface area contributed by atoms with Gasteiger partial charge in [-0.25, -0.2) is 0 Å². The molecule has 0 saturated carbocycles. The van der Waals surface area contributed by atoms with E-state index in [0.717, 1.165) is 54.6 Å². The van der Waals surface area contributed by atoms with E-state index in [9.17, 15) is 87.2 Å². The van der Waals surface area contributed by atoms with Crippen molar-refractivity contribution in [2.75, 3.05) is 39.8 Å². The molecule has 0 radical (unpaired) electrons. The van der Waals surface area contributed by atoms with Crippen LogP contribution in [0, 0.1) is 20.8 Å². The van der Waals surface area contributed by atoms with E-state index in [1.54, 1.807) is 0 Å². The lowest BCUT2D eigenvalue weighted by Crippen LogP contribution is -2.54. The monoisotopic (exact) mass is 1470 g/mol. The van der Waals surface area contributed by atoms with Crippen LogP contribution < -0.4 is 37.5 Å². The second-order valence-corrected chi connectivity index (χ2v) is 23.5. The highest BCUT2D eigenvalue weighted by Gasteiger charge is 2.75. The van der Waals surface area contributed by atoms with Gasteiger partial charge < -0.3 is 52.8 Å². The van der Waals surface area contributed by atoms with Crippen LogP contribution in [-0.4, -0.2) is 82.9 Å². The number of nitrogens with two attached hydrogens (primary N) is 2. The summed E-state index contributed by atoms with van der Waals surface area (Å²) < 4.78 is 272. The van der Waals surface area contributed by atoms with E-state index < -0.39 is 156 Å². The van der Waals surface area contributed by atoms with Crippen LogP contribution in [0.2, 0.25) is 0 Å². The number of Topliss-reactive ketones (excluding diaryl/α,β-unsaturated/α-hetero) is 1. The maximum absolute atomic E-state index is 15.5. The number of amides is 3. The molecule has 9 rings (SSSR count). The Morgan fingerprint density at radius 3 is 0.990 bits per heavy atom. The van der Waals surface area contributed by atoms with Crippen molar-refractivity contribution in [3.8, 4) is 28.7 Å². The van der Waals surface area contributed by atoms with E-state index in [0.29, 0.717) is 89.7 Å². The molecule has 0 heterocycles. The van der Waals surface area contributed by atoms with Gasteiger partial charge in [0.1, 0.15) is 28.7 Å². The zero-order valence-corrected chi connectivity index (χ0v) is 54.2. The number of carbonyl (C=O) groups excluding carboxylic acids is 4. The summed E-state index contributed by atoms with van der Waals surface area (Å²) in [5.74, 6) is -5.42. The first kappa shape index (κ1) is 78.1. The SMILES string of the molecule is CC(=O)c1ccc(Oc2ccc(C(=O)Nc3cc(C(c4ccc(O)c(NC(=O)c5cccc(C(=O)Nc6cc(C(c7ccc(O)c(N)c7)(C(F)(F)F)C(F)(F)F)ccc6C)c5)c4)(C(F)(F)F)C(F)(F)F)ccc3C)cc2)cc1.CNc1cc(C(c2ccc(C)c(N)c2)(C(F)(F)F)C(F)(F)F)ccc1O. The van der Waals surface area contributed by atoms with Gasteiger partial charge in [0, 0.05) is 46.4 Å². The van der Waals surface area contributed by atoms with Crippen molar-refractivity contribution in [3.05, 3.63) is 254 Å². The molecule has 9 aromatic rings. The van der Waals surface area contributed by atoms with Gasteiger partial charge in [0.05, 0.1) is 17.1 Å². The molecule has 0 aromatic heterocycles. The molecule has 0 saturated heterocycles. The average molecular weight is 1480 g/mol. The lowest BCUT2D eigenvalue weighted by atomic mass is 9.72. The van der Waals surface area contributed by atoms with Gasteiger partial charge in [0.25, 0.3) is 17.7 Å². The van der Waals surface area contributed by atoms with Crippen LogP contribution >= 0.6 is 0 Å². The fourth-order valence-electron chi connectivity index (χ4n) is 11.4. The third-order valence-electron chi connectivity index (χ3n) is 16.9. The first-order valence-electron chi connectivity index (χ1n) is 30.0. The van der Waals surface area contributed by atoms with Crippen LogP contribution in [0.3, 0.4) is 0 Å². The summed E-state index contributed by atoms with van der Waals surface area (Å²) in [6.45, 7) is 5.39. The molecule has 3 amide bonds. The number of benzene rings is 9. The molecule has 32 heteroatoms. The van der Waals surface area contributed by atoms with Gasteiger partial charge in [-0.2, -0.15) is 79.0 Å². The van der Waals surface area contributed by atoms with Crippen LogP contribution in [0.5, 0.6) is 28.7 Å². The summed E-state index contributed by atoms with van der Waals surface area (Å²) in [5, 5.41) is 39.0. The number of nitrogens with one attached hydrogen (secondary N) is 4. The quantitative estimate of drug-likeness (QED) is 0.0191. The molecule has 548 valence electrons. The first-order chi connectivity index (χ1) is 48.1. The topological polar surface area (TPSA) is 238 Å². The minimum absolute atomic E-state index is 0.0408. The summed E-state index contributed by atoms with van der Waals surface area (Å²) in [6.07, 6.45) is -36.1. The van der Waals surface area contributed by atoms with Crippen LogP contribution in [0.25, 0.3) is 0 Å². The Bertz CT molecular complexity index is 4700. The number of nitrogen functional groups attached to an aromatic ring is 2. The number of phenols is 3. The molecular formula is C72H56F18N6O8.